The van der Waals surface area contributed by atoms with E-state index in [1.807, 2.05) is 48.5 Å². The summed E-state index contributed by atoms with van der Waals surface area (Å²) < 4.78 is 46.2. The number of carboxylic acid groups (broad SMARTS) is 1. The number of alkyl halides is 3. The Labute approximate surface area is 199 Å². The Kier molecular flexibility index (Phi) is 6.48. The van der Waals surface area contributed by atoms with E-state index in [4.69, 9.17) is 4.74 Å². The van der Waals surface area contributed by atoms with Crippen LogP contribution in [-0.2, 0) is 14.3 Å². The summed E-state index contributed by atoms with van der Waals surface area (Å²) in [5.74, 6) is -2.61. The number of halogens is 3. The van der Waals surface area contributed by atoms with Gasteiger partial charge in [0, 0.05) is 12.5 Å². The number of ether oxygens (including phenoxy) is 1. The number of carboxylic acids is 1. The minimum absolute atomic E-state index is 0.0388. The number of hydrogen-bond acceptors (Lipinski definition) is 4. The Balaban J connectivity index is 1.43. The zero-order valence-electron chi connectivity index (χ0n) is 19.0. The van der Waals surface area contributed by atoms with Gasteiger partial charge in [-0.1, -0.05) is 48.5 Å². The van der Waals surface area contributed by atoms with Crippen molar-refractivity contribution in [1.29, 1.82) is 0 Å². The number of nitrogens with one attached hydrogen (secondary N) is 1. The predicted molar refractivity (Wildman–Crippen MR) is 120 cm³/mol. The topological polar surface area (TPSA) is 95.9 Å². The van der Waals surface area contributed by atoms with E-state index in [1.54, 1.807) is 5.32 Å². The van der Waals surface area contributed by atoms with Gasteiger partial charge in [-0.25, -0.2) is 9.59 Å². The van der Waals surface area contributed by atoms with Gasteiger partial charge in [-0.3, -0.25) is 4.79 Å². The summed E-state index contributed by atoms with van der Waals surface area (Å²) in [7, 11) is 0. The van der Waals surface area contributed by atoms with E-state index in [1.165, 1.54) is 6.92 Å². The molecule has 0 saturated carbocycles. The summed E-state index contributed by atoms with van der Waals surface area (Å²) in [6, 6.07) is 12.6. The van der Waals surface area contributed by atoms with E-state index in [-0.39, 0.29) is 25.5 Å². The van der Waals surface area contributed by atoms with Crippen molar-refractivity contribution in [2.75, 3.05) is 13.2 Å². The lowest BCUT2D eigenvalue weighted by molar-refractivity contribution is -0.167. The fourth-order valence-electron chi connectivity index (χ4n) is 4.90. The summed E-state index contributed by atoms with van der Waals surface area (Å²) in [6.07, 6.45) is -6.84. The highest BCUT2D eigenvalue weighted by Crippen LogP contribution is 2.44. The summed E-state index contributed by atoms with van der Waals surface area (Å²) in [5.41, 5.74) is 2.19. The quantitative estimate of drug-likeness (QED) is 0.629. The molecule has 1 heterocycles. The summed E-state index contributed by atoms with van der Waals surface area (Å²) >= 11 is 0. The molecule has 2 atom stereocenters. The number of aliphatic carboxylic acids is 1. The lowest BCUT2D eigenvalue weighted by Gasteiger charge is -2.32. The lowest BCUT2D eigenvalue weighted by Crippen LogP contribution is -2.54. The average Bonchev–Trinajstić information content (AvgIpc) is 3.36. The largest absolute Gasteiger partial charge is 0.480 e. The number of rotatable bonds is 6. The molecule has 0 aromatic heterocycles. The Morgan fingerprint density at radius 1 is 1.11 bits per heavy atom. The van der Waals surface area contributed by atoms with Gasteiger partial charge in [0.1, 0.15) is 18.2 Å². The molecule has 2 aromatic carbocycles. The number of fused-ring (bicyclic) bond motifs is 3. The van der Waals surface area contributed by atoms with Crippen LogP contribution in [0.2, 0.25) is 0 Å². The Hall–Kier alpha value is -3.56. The molecule has 2 aromatic rings. The van der Waals surface area contributed by atoms with Crippen molar-refractivity contribution in [3.63, 3.8) is 0 Å². The maximum Gasteiger partial charge on any atom is 0.409 e. The number of alkyl carbamates (subject to hydrolysis) is 1. The Morgan fingerprint density at radius 2 is 1.69 bits per heavy atom. The summed E-state index contributed by atoms with van der Waals surface area (Å²) in [6.45, 7) is 1.17. The maximum absolute atomic E-state index is 13.7. The van der Waals surface area contributed by atoms with Crippen molar-refractivity contribution < 1.29 is 37.4 Å². The molecule has 7 nitrogen and oxygen atoms in total. The fraction of sp³-hybridized carbons (Fsp3) is 0.400. The van der Waals surface area contributed by atoms with Gasteiger partial charge >= 0.3 is 18.2 Å². The molecule has 1 aliphatic carbocycles. The first-order valence-electron chi connectivity index (χ1n) is 11.2. The molecule has 0 radical (unpaired) electrons. The van der Waals surface area contributed by atoms with E-state index in [9.17, 15) is 32.7 Å². The van der Waals surface area contributed by atoms with E-state index in [2.05, 4.69) is 0 Å². The van der Waals surface area contributed by atoms with Crippen LogP contribution in [0.3, 0.4) is 0 Å². The van der Waals surface area contributed by atoms with Gasteiger partial charge in [-0.05, 0) is 42.0 Å². The fourth-order valence-corrected chi connectivity index (χ4v) is 4.90. The highest BCUT2D eigenvalue weighted by molar-refractivity contribution is 5.88. The Bertz CT molecular complexity index is 1110. The molecule has 35 heavy (non-hydrogen) atoms. The molecule has 1 saturated heterocycles. The molecule has 2 N–H and O–H groups in total. The molecule has 2 amide bonds. The monoisotopic (exact) mass is 490 g/mol. The van der Waals surface area contributed by atoms with Crippen molar-refractivity contribution in [2.45, 2.75) is 49.9 Å². The second kappa shape index (κ2) is 9.24. The third-order valence-corrected chi connectivity index (χ3v) is 6.81. The van der Waals surface area contributed by atoms with Gasteiger partial charge < -0.3 is 20.1 Å². The van der Waals surface area contributed by atoms with Crippen LogP contribution >= 0.6 is 0 Å². The van der Waals surface area contributed by atoms with E-state index >= 15 is 0 Å². The zero-order valence-corrected chi connectivity index (χ0v) is 19.0. The number of likely N-dealkylation sites (tertiary alicyclic amines) is 1. The summed E-state index contributed by atoms with van der Waals surface area (Å²) in [4.78, 5) is 37.5. The van der Waals surface area contributed by atoms with Crippen LogP contribution in [0.1, 0.15) is 43.2 Å². The number of hydrogen-bond donors (Lipinski definition) is 2. The predicted octanol–water partition coefficient (Wildman–Crippen LogP) is 4.31. The normalized spacial score (nSPS) is 20.2. The van der Waals surface area contributed by atoms with Crippen molar-refractivity contribution in [3.05, 3.63) is 59.7 Å². The highest BCUT2D eigenvalue weighted by atomic mass is 19.4. The molecule has 1 aliphatic heterocycles. The second-order valence-corrected chi connectivity index (χ2v) is 9.00. The van der Waals surface area contributed by atoms with Crippen LogP contribution < -0.4 is 5.32 Å². The van der Waals surface area contributed by atoms with Crippen LogP contribution in [0.4, 0.5) is 18.0 Å². The van der Waals surface area contributed by atoms with Crippen LogP contribution in [0.25, 0.3) is 11.1 Å². The molecule has 1 fully saturated rings. The first-order valence-corrected chi connectivity index (χ1v) is 11.2. The molecule has 4 rings (SSSR count). The lowest BCUT2D eigenvalue weighted by atomic mass is 9.98. The number of carbonyl (C=O) groups excluding carboxylic acids is 2. The zero-order chi connectivity index (χ0) is 25.4. The molecule has 10 heteroatoms. The van der Waals surface area contributed by atoms with Crippen LogP contribution in [0.5, 0.6) is 0 Å². The summed E-state index contributed by atoms with van der Waals surface area (Å²) in [5, 5.41) is 11.2. The second-order valence-electron chi connectivity index (χ2n) is 9.00. The standard InChI is InChI=1S/C25H25F3N2O5/c1-24(22(32)33)11-6-12-30(24)21(31)13-20(25(26,27)28)29-23(34)35-14-19-17-9-4-2-7-15(17)16-8-3-5-10-18(16)19/h2-5,7-10,19-20H,6,11-14H2,1H3,(H,29,34)(H,32,33)/t20?,24-/m1/s1. The first kappa shape index (κ1) is 24.6. The van der Waals surface area contributed by atoms with Crippen molar-refractivity contribution in [1.82, 2.24) is 10.2 Å². The van der Waals surface area contributed by atoms with Crippen molar-refractivity contribution >= 4 is 18.0 Å². The van der Waals surface area contributed by atoms with Gasteiger partial charge in [0.25, 0.3) is 0 Å². The molecule has 1 unspecified atom stereocenters. The first-order chi connectivity index (χ1) is 16.5. The van der Waals surface area contributed by atoms with Crippen LogP contribution in [0.15, 0.2) is 48.5 Å². The van der Waals surface area contributed by atoms with Gasteiger partial charge in [0.2, 0.25) is 5.91 Å². The SMILES string of the molecule is C[C@]1(C(=O)O)CCCN1C(=O)CC(NC(=O)OCC1c2ccccc2-c2ccccc21)C(F)(F)F. The molecule has 2 aliphatic rings. The van der Waals surface area contributed by atoms with Gasteiger partial charge in [0.15, 0.2) is 0 Å². The number of benzene rings is 2. The number of amides is 2. The van der Waals surface area contributed by atoms with Crippen LogP contribution in [-0.4, -0.2) is 58.9 Å². The van der Waals surface area contributed by atoms with Gasteiger partial charge in [0.05, 0.1) is 6.42 Å². The third-order valence-electron chi connectivity index (χ3n) is 6.81. The minimum Gasteiger partial charge on any atom is -0.480 e. The number of nitrogens with zero attached hydrogens (tertiary/aromatic N) is 1. The molecule has 0 bridgehead atoms. The molecule has 0 spiro atoms. The van der Waals surface area contributed by atoms with Gasteiger partial charge in [-0.15, -0.1) is 0 Å². The Morgan fingerprint density at radius 3 is 2.23 bits per heavy atom. The van der Waals surface area contributed by atoms with E-state index in [0.717, 1.165) is 27.2 Å². The van der Waals surface area contributed by atoms with Crippen molar-refractivity contribution in [2.24, 2.45) is 0 Å². The smallest absolute Gasteiger partial charge is 0.409 e. The molecule has 186 valence electrons. The average molecular weight is 490 g/mol. The van der Waals surface area contributed by atoms with Crippen LogP contribution in [0, 0.1) is 0 Å². The molecular formula is C25H25F3N2O5. The van der Waals surface area contributed by atoms with Gasteiger partial charge in [-0.2, -0.15) is 13.2 Å². The number of carbonyl (C=O) groups is 3. The molecular weight excluding hydrogens is 465 g/mol. The van der Waals surface area contributed by atoms with E-state index < -0.39 is 42.1 Å². The minimum atomic E-state index is -4.93. The van der Waals surface area contributed by atoms with E-state index in [0.29, 0.717) is 6.42 Å². The highest BCUT2D eigenvalue weighted by Gasteiger charge is 2.49. The maximum atomic E-state index is 13.7. The third kappa shape index (κ3) is 4.69. The van der Waals surface area contributed by atoms with Crippen molar-refractivity contribution in [3.8, 4) is 11.1 Å².